The number of hydrogen-bond donors (Lipinski definition) is 1. The number of benzene rings is 1. The van der Waals surface area contributed by atoms with E-state index in [0.29, 0.717) is 5.92 Å². The van der Waals surface area contributed by atoms with Gasteiger partial charge in [0.05, 0.1) is 5.41 Å². The van der Waals surface area contributed by atoms with Gasteiger partial charge in [-0.3, -0.25) is 4.79 Å². The van der Waals surface area contributed by atoms with Gasteiger partial charge in [0.2, 0.25) is 0 Å². The molecule has 0 amide bonds. The van der Waals surface area contributed by atoms with E-state index in [4.69, 9.17) is 11.6 Å². The Bertz CT molecular complexity index is 546. The number of hydrogen-bond acceptors (Lipinski definition) is 2. The number of carboxylic acids is 1. The van der Waals surface area contributed by atoms with Gasteiger partial charge in [0.25, 0.3) is 0 Å². The zero-order valence-corrected chi connectivity index (χ0v) is 13.2. The molecular formula is C17H22ClNO2. The molecule has 2 aliphatic rings. The minimum absolute atomic E-state index is 0.490. The minimum Gasteiger partial charge on any atom is -0.481 e. The first-order chi connectivity index (χ1) is 10.0. The fourth-order valence-corrected chi connectivity index (χ4v) is 4.17. The van der Waals surface area contributed by atoms with Crippen molar-refractivity contribution in [2.45, 2.75) is 43.4 Å². The molecule has 0 bridgehead atoms. The summed E-state index contributed by atoms with van der Waals surface area (Å²) in [7, 11) is 2.10. The van der Waals surface area contributed by atoms with E-state index < -0.39 is 11.4 Å². The molecule has 0 unspecified atom stereocenters. The molecule has 0 atom stereocenters. The summed E-state index contributed by atoms with van der Waals surface area (Å²) in [5.41, 5.74) is 1.32. The second-order valence-corrected chi connectivity index (χ2v) is 7.01. The van der Waals surface area contributed by atoms with Crippen LogP contribution in [0.25, 0.3) is 0 Å². The lowest BCUT2D eigenvalue weighted by molar-refractivity contribution is -0.145. The molecule has 3 nitrogen and oxygen atoms in total. The highest BCUT2D eigenvalue weighted by molar-refractivity contribution is 6.31. The number of rotatable bonds is 3. The number of aliphatic carboxylic acids is 1. The van der Waals surface area contributed by atoms with Crippen molar-refractivity contribution in [3.05, 3.63) is 34.3 Å². The molecule has 0 aromatic heterocycles. The molecule has 114 valence electrons. The van der Waals surface area contributed by atoms with Crippen molar-refractivity contribution in [1.29, 1.82) is 0 Å². The second kappa shape index (κ2) is 5.62. The highest BCUT2D eigenvalue weighted by Crippen LogP contribution is 2.42. The summed E-state index contributed by atoms with van der Waals surface area (Å²) >= 11 is 6.46. The molecule has 2 fully saturated rings. The van der Waals surface area contributed by atoms with Gasteiger partial charge in [-0.15, -0.1) is 0 Å². The lowest BCUT2D eigenvalue weighted by Gasteiger charge is -2.38. The molecule has 4 heteroatoms. The summed E-state index contributed by atoms with van der Waals surface area (Å²) in [6.45, 7) is 2.06. The third kappa shape index (κ3) is 2.58. The van der Waals surface area contributed by atoms with Crippen molar-refractivity contribution in [2.75, 3.05) is 20.1 Å². The zero-order chi connectivity index (χ0) is 15.0. The molecule has 21 heavy (non-hydrogen) atoms. The van der Waals surface area contributed by atoms with E-state index in [1.807, 2.05) is 12.1 Å². The summed E-state index contributed by atoms with van der Waals surface area (Å²) in [5.74, 6) is -0.210. The van der Waals surface area contributed by atoms with Gasteiger partial charge in [0.1, 0.15) is 0 Å². The van der Waals surface area contributed by atoms with Gasteiger partial charge in [-0.2, -0.15) is 0 Å². The van der Waals surface area contributed by atoms with Crippen LogP contribution in [0.5, 0.6) is 0 Å². The van der Waals surface area contributed by atoms with Crippen molar-refractivity contribution >= 4 is 17.6 Å². The molecule has 1 saturated carbocycles. The molecule has 1 heterocycles. The Morgan fingerprint density at radius 1 is 1.29 bits per heavy atom. The highest BCUT2D eigenvalue weighted by atomic mass is 35.5. The highest BCUT2D eigenvalue weighted by Gasteiger charge is 2.41. The van der Waals surface area contributed by atoms with Gasteiger partial charge >= 0.3 is 5.97 Å². The normalized spacial score (nSPS) is 22.8. The first kappa shape index (κ1) is 14.9. The van der Waals surface area contributed by atoms with Crippen LogP contribution >= 0.6 is 11.6 Å². The van der Waals surface area contributed by atoms with Gasteiger partial charge in [-0.1, -0.05) is 43.0 Å². The van der Waals surface area contributed by atoms with E-state index in [2.05, 4.69) is 18.0 Å². The number of carboxylic acid groups (broad SMARTS) is 1. The van der Waals surface area contributed by atoms with E-state index in [9.17, 15) is 9.90 Å². The van der Waals surface area contributed by atoms with Crippen LogP contribution in [0.1, 0.15) is 49.1 Å². The van der Waals surface area contributed by atoms with E-state index >= 15 is 0 Å². The Balaban J connectivity index is 1.91. The number of nitrogens with zero attached hydrogens (tertiary/aromatic N) is 1. The Kier molecular flexibility index (Phi) is 3.98. The second-order valence-electron chi connectivity index (χ2n) is 6.60. The topological polar surface area (TPSA) is 40.5 Å². The summed E-state index contributed by atoms with van der Waals surface area (Å²) in [6.07, 6.45) is 4.56. The molecule has 1 aromatic rings. The Labute approximate surface area is 130 Å². The van der Waals surface area contributed by atoms with Crippen LogP contribution < -0.4 is 0 Å². The molecular weight excluding hydrogens is 286 g/mol. The van der Waals surface area contributed by atoms with Crippen LogP contribution in [-0.4, -0.2) is 36.1 Å². The fourth-order valence-electron chi connectivity index (χ4n) is 3.83. The van der Waals surface area contributed by atoms with E-state index in [1.54, 1.807) is 0 Å². The maximum atomic E-state index is 11.9. The molecule has 1 saturated heterocycles. The average Bonchev–Trinajstić information content (AvgIpc) is 2.45. The summed E-state index contributed by atoms with van der Waals surface area (Å²) in [6, 6.07) is 5.96. The zero-order valence-electron chi connectivity index (χ0n) is 12.4. The van der Waals surface area contributed by atoms with Crippen LogP contribution in [0.3, 0.4) is 0 Å². The van der Waals surface area contributed by atoms with Crippen molar-refractivity contribution < 1.29 is 9.90 Å². The number of carbonyl (C=O) groups is 1. The maximum Gasteiger partial charge on any atom is 0.314 e. The van der Waals surface area contributed by atoms with Gasteiger partial charge in [-0.25, -0.2) is 0 Å². The molecule has 1 aliphatic heterocycles. The van der Waals surface area contributed by atoms with Gasteiger partial charge in [0, 0.05) is 24.0 Å². The lowest BCUT2D eigenvalue weighted by atomic mass is 9.69. The smallest absolute Gasteiger partial charge is 0.314 e. The predicted octanol–water partition coefficient (Wildman–Crippen LogP) is 3.66. The quantitative estimate of drug-likeness (QED) is 0.926. The predicted molar refractivity (Wildman–Crippen MR) is 84.1 cm³/mol. The van der Waals surface area contributed by atoms with Crippen LogP contribution in [0, 0.1) is 0 Å². The van der Waals surface area contributed by atoms with Crippen LogP contribution in [0.2, 0.25) is 5.02 Å². The van der Waals surface area contributed by atoms with E-state index in [0.717, 1.165) is 61.3 Å². The lowest BCUT2D eigenvalue weighted by Crippen LogP contribution is -2.42. The van der Waals surface area contributed by atoms with Crippen LogP contribution in [0.15, 0.2) is 18.2 Å². The number of likely N-dealkylation sites (N-methyl/N-ethyl adjacent to an activating group) is 1. The molecule has 1 aliphatic carbocycles. The largest absolute Gasteiger partial charge is 0.481 e. The standard InChI is InChI=1S/C17H22ClNO2/c1-19-10-12(11-19)14-6-5-13(9-15(14)18)17(16(20)21)7-3-2-4-8-17/h5-6,9,12H,2-4,7-8,10-11H2,1H3,(H,20,21). The maximum absolute atomic E-state index is 11.9. The van der Waals surface area contributed by atoms with Crippen LogP contribution in [-0.2, 0) is 10.2 Å². The molecule has 0 radical (unpaired) electrons. The van der Waals surface area contributed by atoms with E-state index in [-0.39, 0.29) is 0 Å². The van der Waals surface area contributed by atoms with E-state index in [1.165, 1.54) is 0 Å². The Hall–Kier alpha value is -1.06. The first-order valence-electron chi connectivity index (χ1n) is 7.75. The van der Waals surface area contributed by atoms with Gasteiger partial charge in [0.15, 0.2) is 0 Å². The first-order valence-corrected chi connectivity index (χ1v) is 8.12. The summed E-state index contributed by atoms with van der Waals surface area (Å²) in [4.78, 5) is 14.1. The fraction of sp³-hybridized carbons (Fsp3) is 0.588. The van der Waals surface area contributed by atoms with Crippen molar-refractivity contribution in [3.8, 4) is 0 Å². The molecule has 3 rings (SSSR count). The monoisotopic (exact) mass is 307 g/mol. The Morgan fingerprint density at radius 3 is 2.48 bits per heavy atom. The van der Waals surface area contributed by atoms with Gasteiger partial charge < -0.3 is 10.0 Å². The number of likely N-dealkylation sites (tertiary alicyclic amines) is 1. The number of halogens is 1. The molecule has 1 aromatic carbocycles. The van der Waals surface area contributed by atoms with Gasteiger partial charge in [-0.05, 0) is 37.1 Å². The average molecular weight is 308 g/mol. The van der Waals surface area contributed by atoms with Crippen LogP contribution in [0.4, 0.5) is 0 Å². The third-order valence-electron chi connectivity index (χ3n) is 5.17. The Morgan fingerprint density at radius 2 is 1.95 bits per heavy atom. The molecule has 1 N–H and O–H groups in total. The van der Waals surface area contributed by atoms with Crippen molar-refractivity contribution in [2.24, 2.45) is 0 Å². The summed E-state index contributed by atoms with van der Waals surface area (Å²) in [5, 5.41) is 10.5. The minimum atomic E-state index is -0.725. The SMILES string of the molecule is CN1CC(c2ccc(C3(C(=O)O)CCCCC3)cc2Cl)C1. The third-order valence-corrected chi connectivity index (χ3v) is 5.50. The summed E-state index contributed by atoms with van der Waals surface area (Å²) < 4.78 is 0. The van der Waals surface area contributed by atoms with Crippen molar-refractivity contribution in [1.82, 2.24) is 4.90 Å². The van der Waals surface area contributed by atoms with Crippen molar-refractivity contribution in [3.63, 3.8) is 0 Å². The molecule has 0 spiro atoms.